The van der Waals surface area contributed by atoms with Crippen molar-refractivity contribution < 1.29 is 4.52 Å². The van der Waals surface area contributed by atoms with Crippen LogP contribution in [0.1, 0.15) is 42.5 Å². The molecule has 0 radical (unpaired) electrons. The number of aromatic nitrogens is 2. The van der Waals surface area contributed by atoms with Crippen molar-refractivity contribution in [1.82, 2.24) is 15.0 Å². The Labute approximate surface area is 146 Å². The number of rotatable bonds is 3. The summed E-state index contributed by atoms with van der Waals surface area (Å²) in [6, 6.07) is 12.4. The van der Waals surface area contributed by atoms with E-state index < -0.39 is 0 Å². The van der Waals surface area contributed by atoms with E-state index in [0.29, 0.717) is 11.1 Å². The van der Waals surface area contributed by atoms with Crippen LogP contribution >= 0.6 is 11.6 Å². The maximum Gasteiger partial charge on any atom is 0.133 e. The second-order valence-corrected chi connectivity index (χ2v) is 6.87. The van der Waals surface area contributed by atoms with Gasteiger partial charge in [0, 0.05) is 18.0 Å². The molecule has 1 aliphatic heterocycles. The van der Waals surface area contributed by atoms with Gasteiger partial charge in [-0.2, -0.15) is 0 Å². The average molecular weight is 342 g/mol. The Morgan fingerprint density at radius 3 is 3.00 bits per heavy atom. The molecule has 124 valence electrons. The third kappa shape index (κ3) is 3.04. The Kier molecular flexibility index (Phi) is 4.25. The van der Waals surface area contributed by atoms with E-state index in [4.69, 9.17) is 21.1 Å². The highest BCUT2D eigenvalue weighted by Gasteiger charge is 2.26. The molecule has 0 spiro atoms. The molecule has 1 saturated heterocycles. The number of likely N-dealkylation sites (tertiary alicyclic amines) is 1. The average Bonchev–Trinajstić information content (AvgIpc) is 3.02. The van der Waals surface area contributed by atoms with Crippen LogP contribution in [-0.2, 0) is 6.54 Å². The molecule has 24 heavy (non-hydrogen) atoms. The smallest absolute Gasteiger partial charge is 0.133 e. The largest absolute Gasteiger partial charge is 0.361 e. The molecule has 0 N–H and O–H groups in total. The van der Waals surface area contributed by atoms with Crippen molar-refractivity contribution in [3.63, 3.8) is 0 Å². The maximum absolute atomic E-state index is 6.30. The van der Waals surface area contributed by atoms with Gasteiger partial charge in [-0.25, -0.2) is 4.98 Å². The number of fused-ring (bicyclic) bond motifs is 1. The molecule has 4 rings (SSSR count). The topological polar surface area (TPSA) is 42.2 Å². The summed E-state index contributed by atoms with van der Waals surface area (Å²) in [4.78, 5) is 7.23. The van der Waals surface area contributed by atoms with Crippen molar-refractivity contribution in [2.75, 3.05) is 6.54 Å². The van der Waals surface area contributed by atoms with E-state index in [1.165, 1.54) is 12.8 Å². The van der Waals surface area contributed by atoms with Crippen molar-refractivity contribution in [3.8, 4) is 0 Å². The van der Waals surface area contributed by atoms with Gasteiger partial charge in [-0.05, 0) is 38.4 Å². The molecule has 1 fully saturated rings. The molecule has 0 bridgehead atoms. The molecule has 4 nitrogen and oxygen atoms in total. The van der Waals surface area contributed by atoms with Crippen LogP contribution in [0.25, 0.3) is 10.9 Å². The van der Waals surface area contributed by atoms with Crippen LogP contribution in [0, 0.1) is 6.92 Å². The fraction of sp³-hybridized carbons (Fsp3) is 0.368. The van der Waals surface area contributed by atoms with E-state index in [-0.39, 0.29) is 0 Å². The number of hydrogen-bond donors (Lipinski definition) is 0. The summed E-state index contributed by atoms with van der Waals surface area (Å²) < 4.78 is 5.28. The monoisotopic (exact) mass is 341 g/mol. The Hall–Kier alpha value is -1.91. The van der Waals surface area contributed by atoms with Crippen LogP contribution in [0.5, 0.6) is 0 Å². The molecule has 0 aliphatic carbocycles. The first-order chi connectivity index (χ1) is 11.7. The molecule has 1 aliphatic rings. The standard InChI is InChI=1S/C19H20ClN3O/c1-13-11-17(22-24-13)18-7-2-3-10-23(18)12-15-9-8-14-5-4-6-16(20)19(14)21-15/h4-6,8-9,11,18H,2-3,7,10,12H2,1H3/t18-/m1/s1. The lowest BCUT2D eigenvalue weighted by Crippen LogP contribution is -2.33. The first-order valence-electron chi connectivity index (χ1n) is 8.42. The fourth-order valence-corrected chi connectivity index (χ4v) is 3.73. The number of benzene rings is 1. The number of hydrogen-bond acceptors (Lipinski definition) is 4. The minimum atomic E-state index is 0.306. The highest BCUT2D eigenvalue weighted by Crippen LogP contribution is 2.32. The number of halogens is 1. The third-order valence-electron chi connectivity index (χ3n) is 4.70. The van der Waals surface area contributed by atoms with Gasteiger partial charge in [-0.3, -0.25) is 4.90 Å². The van der Waals surface area contributed by atoms with E-state index >= 15 is 0 Å². The van der Waals surface area contributed by atoms with Crippen LogP contribution < -0.4 is 0 Å². The van der Waals surface area contributed by atoms with Crippen molar-refractivity contribution >= 4 is 22.5 Å². The predicted octanol–water partition coefficient (Wildman–Crippen LogP) is 4.91. The SMILES string of the molecule is Cc1cc([C@H]2CCCCN2Cc2ccc3cccc(Cl)c3n2)no1. The summed E-state index contributed by atoms with van der Waals surface area (Å²) in [6.45, 7) is 3.80. The van der Waals surface area contributed by atoms with Gasteiger partial charge >= 0.3 is 0 Å². The Balaban J connectivity index is 1.61. The Morgan fingerprint density at radius 1 is 1.25 bits per heavy atom. The van der Waals surface area contributed by atoms with Crippen molar-refractivity contribution in [1.29, 1.82) is 0 Å². The van der Waals surface area contributed by atoms with Gasteiger partial charge in [0.25, 0.3) is 0 Å². The van der Waals surface area contributed by atoms with Gasteiger partial charge in [-0.15, -0.1) is 0 Å². The van der Waals surface area contributed by atoms with Gasteiger partial charge in [0.2, 0.25) is 0 Å². The maximum atomic E-state index is 6.30. The van der Waals surface area contributed by atoms with Gasteiger partial charge in [0.1, 0.15) is 11.5 Å². The van der Waals surface area contributed by atoms with Crippen molar-refractivity contribution in [2.24, 2.45) is 0 Å². The number of pyridine rings is 1. The van der Waals surface area contributed by atoms with Gasteiger partial charge in [-0.1, -0.05) is 41.4 Å². The molecular formula is C19H20ClN3O. The summed E-state index contributed by atoms with van der Waals surface area (Å²) in [5.41, 5.74) is 2.95. The van der Waals surface area contributed by atoms with E-state index in [1.54, 1.807) is 0 Å². The van der Waals surface area contributed by atoms with E-state index in [0.717, 1.165) is 47.6 Å². The van der Waals surface area contributed by atoms with Gasteiger partial charge in [0.15, 0.2) is 0 Å². The summed E-state index contributed by atoms with van der Waals surface area (Å²) in [6.07, 6.45) is 3.55. The first kappa shape index (κ1) is 15.6. The lowest BCUT2D eigenvalue weighted by atomic mass is 9.99. The number of aryl methyl sites for hydroxylation is 1. The first-order valence-corrected chi connectivity index (χ1v) is 8.80. The zero-order valence-corrected chi connectivity index (χ0v) is 14.5. The van der Waals surface area contributed by atoms with Crippen LogP contribution in [0.4, 0.5) is 0 Å². The molecule has 1 atom stereocenters. The molecule has 3 heterocycles. The molecule has 5 heteroatoms. The van der Waals surface area contributed by atoms with E-state index in [1.807, 2.05) is 31.2 Å². The summed E-state index contributed by atoms with van der Waals surface area (Å²) in [5.74, 6) is 0.867. The summed E-state index contributed by atoms with van der Waals surface area (Å²) in [7, 11) is 0. The molecule has 2 aromatic heterocycles. The van der Waals surface area contributed by atoms with Crippen LogP contribution in [0.2, 0.25) is 5.02 Å². The Bertz CT molecular complexity index is 861. The minimum absolute atomic E-state index is 0.306. The van der Waals surface area contributed by atoms with E-state index in [9.17, 15) is 0 Å². The van der Waals surface area contributed by atoms with Crippen molar-refractivity contribution in [2.45, 2.75) is 38.8 Å². The van der Waals surface area contributed by atoms with Crippen LogP contribution in [0.3, 0.4) is 0 Å². The van der Waals surface area contributed by atoms with Crippen LogP contribution in [0.15, 0.2) is 40.9 Å². The zero-order valence-electron chi connectivity index (χ0n) is 13.7. The highest BCUT2D eigenvalue weighted by molar-refractivity contribution is 6.35. The molecule has 0 amide bonds. The molecule has 0 saturated carbocycles. The van der Waals surface area contributed by atoms with E-state index in [2.05, 4.69) is 22.2 Å². The summed E-state index contributed by atoms with van der Waals surface area (Å²) >= 11 is 6.30. The second kappa shape index (κ2) is 6.54. The lowest BCUT2D eigenvalue weighted by Gasteiger charge is -2.34. The predicted molar refractivity (Wildman–Crippen MR) is 95.0 cm³/mol. The molecule has 3 aromatic rings. The highest BCUT2D eigenvalue weighted by atomic mass is 35.5. The quantitative estimate of drug-likeness (QED) is 0.678. The second-order valence-electron chi connectivity index (χ2n) is 6.46. The Morgan fingerprint density at radius 2 is 2.17 bits per heavy atom. The zero-order chi connectivity index (χ0) is 16.5. The van der Waals surface area contributed by atoms with Crippen LogP contribution in [-0.4, -0.2) is 21.6 Å². The van der Waals surface area contributed by atoms with Gasteiger partial charge < -0.3 is 4.52 Å². The van der Waals surface area contributed by atoms with Gasteiger partial charge in [0.05, 0.1) is 22.3 Å². The molecule has 1 aromatic carbocycles. The number of para-hydroxylation sites is 1. The lowest BCUT2D eigenvalue weighted by molar-refractivity contribution is 0.132. The number of piperidine rings is 1. The minimum Gasteiger partial charge on any atom is -0.361 e. The molecular weight excluding hydrogens is 322 g/mol. The van der Waals surface area contributed by atoms with Crippen molar-refractivity contribution in [3.05, 3.63) is 58.6 Å². The third-order valence-corrected chi connectivity index (χ3v) is 5.00. The number of nitrogens with zero attached hydrogens (tertiary/aromatic N) is 3. The fourth-order valence-electron chi connectivity index (χ4n) is 3.51. The summed E-state index contributed by atoms with van der Waals surface area (Å²) in [5, 5.41) is 6.02. The molecule has 0 unspecified atom stereocenters. The normalized spacial score (nSPS) is 19.0.